The highest BCUT2D eigenvalue weighted by atomic mass is 35.5. The molecule has 0 saturated carbocycles. The van der Waals surface area contributed by atoms with Crippen molar-refractivity contribution in [1.29, 1.82) is 0 Å². The number of benzene rings is 1. The number of hydrogen-bond donors (Lipinski definition) is 2. The highest BCUT2D eigenvalue weighted by Gasteiger charge is 2.40. The van der Waals surface area contributed by atoms with Gasteiger partial charge >= 0.3 is 6.03 Å². The molecule has 0 unspecified atom stereocenters. The number of halogens is 1. The zero-order valence-corrected chi connectivity index (χ0v) is 13.5. The molecule has 0 saturated heterocycles. The van der Waals surface area contributed by atoms with Gasteiger partial charge in [-0.1, -0.05) is 29.8 Å². The molecule has 122 valence electrons. The molecule has 1 aromatic carbocycles. The molecule has 2 N–H and O–H groups in total. The van der Waals surface area contributed by atoms with E-state index in [0.717, 1.165) is 12.0 Å². The Hall–Kier alpha value is -2.05. The summed E-state index contributed by atoms with van der Waals surface area (Å²) < 4.78 is 5.03. The minimum atomic E-state index is -0.521. The third-order valence-electron chi connectivity index (χ3n) is 4.01. The number of ether oxygens (including phenoxy) is 1. The van der Waals surface area contributed by atoms with E-state index in [9.17, 15) is 9.59 Å². The molecule has 0 radical (unpaired) electrons. The summed E-state index contributed by atoms with van der Waals surface area (Å²) in [4.78, 5) is 26.4. The third-order valence-corrected chi connectivity index (χ3v) is 4.36. The van der Waals surface area contributed by atoms with Gasteiger partial charge in [0.15, 0.2) is 0 Å². The Bertz CT molecular complexity index is 674. The standard InChI is InChI=1S/C16H18ClN3O3/c1-23-8-4-7-20-9-12-13(15(20)21)14(19-16(22)18-12)10-5-2-3-6-11(10)17/h2-3,5-6,14H,4,7-9H2,1H3,(H2,18,19,22)/t14-/m0/s1. The van der Waals surface area contributed by atoms with Gasteiger partial charge in [0.25, 0.3) is 5.91 Å². The molecular weight excluding hydrogens is 318 g/mol. The molecule has 2 heterocycles. The molecule has 3 amide bonds. The lowest BCUT2D eigenvalue weighted by molar-refractivity contribution is -0.125. The van der Waals surface area contributed by atoms with E-state index < -0.39 is 6.04 Å². The first kappa shape index (κ1) is 15.8. The molecule has 0 bridgehead atoms. The van der Waals surface area contributed by atoms with Crippen molar-refractivity contribution in [2.75, 3.05) is 26.8 Å². The molecule has 0 fully saturated rings. The molecular formula is C16H18ClN3O3. The second-order valence-electron chi connectivity index (χ2n) is 5.52. The van der Waals surface area contributed by atoms with Gasteiger partial charge in [0.1, 0.15) is 0 Å². The van der Waals surface area contributed by atoms with E-state index in [0.29, 0.717) is 36.0 Å². The van der Waals surface area contributed by atoms with Crippen molar-refractivity contribution < 1.29 is 14.3 Å². The highest BCUT2D eigenvalue weighted by Crippen LogP contribution is 2.35. The first-order valence-electron chi connectivity index (χ1n) is 7.45. The van der Waals surface area contributed by atoms with Crippen LogP contribution in [0.5, 0.6) is 0 Å². The summed E-state index contributed by atoms with van der Waals surface area (Å²) in [6, 6.07) is 6.39. The van der Waals surface area contributed by atoms with Gasteiger partial charge in [0.2, 0.25) is 0 Å². The number of nitrogens with one attached hydrogen (secondary N) is 2. The maximum atomic E-state index is 12.7. The number of methoxy groups -OCH3 is 1. The third kappa shape index (κ3) is 3.04. The molecule has 2 aliphatic heterocycles. The average Bonchev–Trinajstić information content (AvgIpc) is 2.83. The number of carbonyl (C=O) groups is 2. The molecule has 0 spiro atoms. The summed E-state index contributed by atoms with van der Waals surface area (Å²) in [6.07, 6.45) is 0.751. The fourth-order valence-corrected chi connectivity index (χ4v) is 3.20. The van der Waals surface area contributed by atoms with Crippen molar-refractivity contribution in [3.05, 3.63) is 46.1 Å². The number of amides is 3. The van der Waals surface area contributed by atoms with Crippen molar-refractivity contribution in [3.63, 3.8) is 0 Å². The molecule has 1 aromatic rings. The van der Waals surface area contributed by atoms with Crippen LogP contribution in [-0.4, -0.2) is 43.6 Å². The van der Waals surface area contributed by atoms with Crippen LogP contribution in [0.2, 0.25) is 5.02 Å². The number of nitrogens with zero attached hydrogens (tertiary/aromatic N) is 1. The summed E-state index contributed by atoms with van der Waals surface area (Å²) in [7, 11) is 1.63. The predicted octanol–water partition coefficient (Wildman–Crippen LogP) is 1.83. The van der Waals surface area contributed by atoms with Crippen molar-refractivity contribution in [3.8, 4) is 0 Å². The summed E-state index contributed by atoms with van der Waals surface area (Å²) in [5.74, 6) is -0.0754. The van der Waals surface area contributed by atoms with Crippen LogP contribution >= 0.6 is 11.6 Å². The summed E-state index contributed by atoms with van der Waals surface area (Å²) in [5.41, 5.74) is 1.94. The van der Waals surface area contributed by atoms with Crippen molar-refractivity contribution >= 4 is 23.5 Å². The lowest BCUT2D eigenvalue weighted by atomic mass is 9.96. The lowest BCUT2D eigenvalue weighted by Crippen LogP contribution is -2.44. The molecule has 3 rings (SSSR count). The molecule has 6 nitrogen and oxygen atoms in total. The van der Waals surface area contributed by atoms with E-state index >= 15 is 0 Å². The summed E-state index contributed by atoms with van der Waals surface area (Å²) in [6.45, 7) is 1.59. The van der Waals surface area contributed by atoms with Gasteiger partial charge in [-0.25, -0.2) is 4.79 Å². The maximum Gasteiger partial charge on any atom is 0.319 e. The van der Waals surface area contributed by atoms with Gasteiger partial charge in [-0.15, -0.1) is 0 Å². The Kier molecular flexibility index (Phi) is 4.54. The summed E-state index contributed by atoms with van der Waals surface area (Å²) in [5, 5.41) is 6.06. The fraction of sp³-hybridized carbons (Fsp3) is 0.375. The Morgan fingerprint density at radius 1 is 1.35 bits per heavy atom. The van der Waals surface area contributed by atoms with E-state index in [1.165, 1.54) is 0 Å². The van der Waals surface area contributed by atoms with Crippen LogP contribution in [0.4, 0.5) is 4.79 Å². The Morgan fingerprint density at radius 2 is 2.13 bits per heavy atom. The zero-order chi connectivity index (χ0) is 16.4. The number of urea groups is 1. The maximum absolute atomic E-state index is 12.7. The Labute approximate surface area is 139 Å². The molecule has 0 aliphatic carbocycles. The van der Waals surface area contributed by atoms with Gasteiger partial charge < -0.3 is 20.3 Å². The molecule has 0 aromatic heterocycles. The van der Waals surface area contributed by atoms with Gasteiger partial charge in [-0.05, 0) is 18.1 Å². The van der Waals surface area contributed by atoms with E-state index in [2.05, 4.69) is 10.6 Å². The largest absolute Gasteiger partial charge is 0.385 e. The van der Waals surface area contributed by atoms with Gasteiger partial charge in [0.05, 0.1) is 23.9 Å². The topological polar surface area (TPSA) is 70.7 Å². The Balaban J connectivity index is 1.88. The minimum absolute atomic E-state index is 0.0754. The normalized spacial score (nSPS) is 20.4. The molecule has 23 heavy (non-hydrogen) atoms. The minimum Gasteiger partial charge on any atom is -0.385 e. The quantitative estimate of drug-likeness (QED) is 0.806. The average molecular weight is 336 g/mol. The summed E-state index contributed by atoms with van der Waals surface area (Å²) >= 11 is 6.25. The first-order chi connectivity index (χ1) is 11.1. The van der Waals surface area contributed by atoms with Crippen LogP contribution in [0.1, 0.15) is 18.0 Å². The van der Waals surface area contributed by atoms with Gasteiger partial charge in [-0.3, -0.25) is 4.79 Å². The van der Waals surface area contributed by atoms with E-state index in [1.807, 2.05) is 18.2 Å². The molecule has 1 atom stereocenters. The zero-order valence-electron chi connectivity index (χ0n) is 12.8. The number of carbonyl (C=O) groups excluding carboxylic acids is 2. The monoisotopic (exact) mass is 335 g/mol. The number of hydrogen-bond acceptors (Lipinski definition) is 3. The lowest BCUT2D eigenvalue weighted by Gasteiger charge is -2.26. The van der Waals surface area contributed by atoms with Crippen LogP contribution in [0.15, 0.2) is 35.5 Å². The van der Waals surface area contributed by atoms with Crippen LogP contribution in [0.25, 0.3) is 0 Å². The molecule has 7 heteroatoms. The fourth-order valence-electron chi connectivity index (χ4n) is 2.95. The van der Waals surface area contributed by atoms with E-state index in [4.69, 9.17) is 16.3 Å². The van der Waals surface area contributed by atoms with Crippen molar-refractivity contribution in [2.45, 2.75) is 12.5 Å². The smallest absolute Gasteiger partial charge is 0.319 e. The van der Waals surface area contributed by atoms with Crippen LogP contribution in [0, 0.1) is 0 Å². The van der Waals surface area contributed by atoms with Gasteiger partial charge in [-0.2, -0.15) is 0 Å². The van der Waals surface area contributed by atoms with Crippen molar-refractivity contribution in [2.24, 2.45) is 0 Å². The highest BCUT2D eigenvalue weighted by molar-refractivity contribution is 6.31. The van der Waals surface area contributed by atoms with E-state index in [1.54, 1.807) is 18.1 Å². The molecule has 2 aliphatic rings. The second kappa shape index (κ2) is 6.60. The SMILES string of the molecule is COCCCN1CC2=C(C1=O)[C@H](c1ccccc1Cl)NC(=O)N2. The van der Waals surface area contributed by atoms with E-state index in [-0.39, 0.29) is 11.9 Å². The van der Waals surface area contributed by atoms with Gasteiger partial charge in [0, 0.05) is 25.3 Å². The van der Waals surface area contributed by atoms with Crippen LogP contribution in [-0.2, 0) is 9.53 Å². The van der Waals surface area contributed by atoms with Crippen LogP contribution in [0.3, 0.4) is 0 Å². The Morgan fingerprint density at radius 3 is 2.87 bits per heavy atom. The first-order valence-corrected chi connectivity index (χ1v) is 7.83. The van der Waals surface area contributed by atoms with Crippen LogP contribution < -0.4 is 10.6 Å². The number of rotatable bonds is 5. The van der Waals surface area contributed by atoms with Crippen molar-refractivity contribution in [1.82, 2.24) is 15.5 Å². The second-order valence-corrected chi connectivity index (χ2v) is 5.93. The predicted molar refractivity (Wildman–Crippen MR) is 86.0 cm³/mol.